The van der Waals surface area contributed by atoms with Crippen molar-refractivity contribution in [3.63, 3.8) is 0 Å². The van der Waals surface area contributed by atoms with Crippen LogP contribution in [0.25, 0.3) is 11.3 Å². The van der Waals surface area contributed by atoms with E-state index in [0.29, 0.717) is 0 Å². The summed E-state index contributed by atoms with van der Waals surface area (Å²) in [6, 6.07) is 12.3. The van der Waals surface area contributed by atoms with Gasteiger partial charge in [-0.1, -0.05) is 67.1 Å². The summed E-state index contributed by atoms with van der Waals surface area (Å²) in [5, 5.41) is 3.47. The second-order valence-electron chi connectivity index (χ2n) is 5.72. The summed E-state index contributed by atoms with van der Waals surface area (Å²) in [5.41, 5.74) is 1.12. The molecule has 0 amide bonds. The van der Waals surface area contributed by atoms with Crippen molar-refractivity contribution >= 4 is 15.9 Å². The Bertz CT molecular complexity index is 533. The Morgan fingerprint density at radius 2 is 1.64 bits per heavy atom. The van der Waals surface area contributed by atoms with Gasteiger partial charge in [-0.3, -0.25) is 0 Å². The summed E-state index contributed by atoms with van der Waals surface area (Å²) >= 11 is 3.45. The van der Waals surface area contributed by atoms with Crippen molar-refractivity contribution in [3.05, 3.63) is 46.6 Å². The highest BCUT2D eigenvalue weighted by Crippen LogP contribution is 2.23. The summed E-state index contributed by atoms with van der Waals surface area (Å²) in [7, 11) is 0. The molecule has 0 aliphatic rings. The molecular formula is C19H26BrNO. The first-order chi connectivity index (χ1) is 10.8. The van der Waals surface area contributed by atoms with Crippen molar-refractivity contribution in [3.8, 4) is 11.3 Å². The molecule has 1 aromatic heterocycles. The van der Waals surface area contributed by atoms with E-state index in [4.69, 9.17) is 4.42 Å². The molecule has 22 heavy (non-hydrogen) atoms. The van der Waals surface area contributed by atoms with Gasteiger partial charge in [0.1, 0.15) is 11.5 Å². The first-order valence-corrected chi connectivity index (χ1v) is 9.14. The highest BCUT2D eigenvalue weighted by Gasteiger charge is 2.04. The van der Waals surface area contributed by atoms with Gasteiger partial charge in [-0.15, -0.1) is 0 Å². The van der Waals surface area contributed by atoms with Crippen molar-refractivity contribution in [2.45, 2.75) is 52.0 Å². The van der Waals surface area contributed by atoms with Gasteiger partial charge in [0.25, 0.3) is 0 Å². The van der Waals surface area contributed by atoms with Crippen molar-refractivity contribution in [2.24, 2.45) is 0 Å². The van der Waals surface area contributed by atoms with Crippen molar-refractivity contribution in [2.75, 3.05) is 6.54 Å². The van der Waals surface area contributed by atoms with Crippen LogP contribution in [0.4, 0.5) is 0 Å². The lowest BCUT2D eigenvalue weighted by atomic mass is 10.1. The van der Waals surface area contributed by atoms with Crippen LogP contribution in [0.5, 0.6) is 0 Å². The summed E-state index contributed by atoms with van der Waals surface area (Å²) in [6.07, 6.45) is 8.02. The molecule has 1 heterocycles. The predicted octanol–water partition coefficient (Wildman–Crippen LogP) is 6.16. The van der Waals surface area contributed by atoms with Crippen LogP contribution in [0.15, 0.2) is 45.3 Å². The molecule has 1 N–H and O–H groups in total. The molecule has 0 spiro atoms. The van der Waals surface area contributed by atoms with Gasteiger partial charge in [0, 0.05) is 10.0 Å². The smallest absolute Gasteiger partial charge is 0.134 e. The first kappa shape index (κ1) is 17.3. The number of nitrogens with one attached hydrogen (secondary N) is 1. The molecule has 120 valence electrons. The Labute approximate surface area is 142 Å². The fourth-order valence-electron chi connectivity index (χ4n) is 2.48. The summed E-state index contributed by atoms with van der Waals surface area (Å²) in [5.74, 6) is 1.94. The zero-order valence-electron chi connectivity index (χ0n) is 13.4. The van der Waals surface area contributed by atoms with Crippen molar-refractivity contribution in [1.29, 1.82) is 0 Å². The number of unbranched alkanes of at least 4 members (excludes halogenated alkanes) is 5. The summed E-state index contributed by atoms with van der Waals surface area (Å²) in [6.45, 7) is 4.14. The van der Waals surface area contributed by atoms with E-state index in [1.165, 1.54) is 38.5 Å². The molecule has 1 aromatic carbocycles. The Kier molecular flexibility index (Phi) is 7.75. The summed E-state index contributed by atoms with van der Waals surface area (Å²) in [4.78, 5) is 0. The third-order valence-corrected chi connectivity index (χ3v) is 4.33. The minimum atomic E-state index is 0.811. The van der Waals surface area contributed by atoms with E-state index >= 15 is 0 Å². The lowest BCUT2D eigenvalue weighted by molar-refractivity contribution is 0.485. The van der Waals surface area contributed by atoms with E-state index < -0.39 is 0 Å². The van der Waals surface area contributed by atoms with E-state index in [1.807, 2.05) is 18.2 Å². The fourth-order valence-corrected chi connectivity index (χ4v) is 2.75. The topological polar surface area (TPSA) is 25.2 Å². The van der Waals surface area contributed by atoms with Crippen LogP contribution in [0.3, 0.4) is 0 Å². The largest absolute Gasteiger partial charge is 0.460 e. The number of hydrogen-bond donors (Lipinski definition) is 1. The van der Waals surface area contributed by atoms with Crippen LogP contribution >= 0.6 is 15.9 Å². The maximum Gasteiger partial charge on any atom is 0.134 e. The second kappa shape index (κ2) is 9.86. The Morgan fingerprint density at radius 1 is 0.909 bits per heavy atom. The molecule has 0 saturated carbocycles. The quantitative estimate of drug-likeness (QED) is 0.511. The second-order valence-corrected chi connectivity index (χ2v) is 6.63. The van der Waals surface area contributed by atoms with Gasteiger partial charge in [0.05, 0.1) is 6.54 Å². The molecule has 2 rings (SSSR count). The standard InChI is InChI=1S/C19H26BrNO/c1-2-3-4-5-6-7-14-21-15-18-12-13-19(22-18)16-8-10-17(20)11-9-16/h8-13,21H,2-7,14-15H2,1H3. The molecule has 2 aromatic rings. The van der Waals surface area contributed by atoms with Gasteiger partial charge in [-0.05, 0) is 37.2 Å². The van der Waals surface area contributed by atoms with Gasteiger partial charge >= 0.3 is 0 Å². The zero-order valence-corrected chi connectivity index (χ0v) is 15.0. The number of benzene rings is 1. The Balaban J connectivity index is 1.66. The number of furan rings is 1. The van der Waals surface area contributed by atoms with Crippen LogP contribution in [0.2, 0.25) is 0 Å². The zero-order chi connectivity index (χ0) is 15.6. The normalized spacial score (nSPS) is 11.0. The highest BCUT2D eigenvalue weighted by molar-refractivity contribution is 9.10. The molecule has 3 heteroatoms. The van der Waals surface area contributed by atoms with E-state index in [-0.39, 0.29) is 0 Å². The van der Waals surface area contributed by atoms with Crippen LogP contribution in [-0.2, 0) is 6.54 Å². The van der Waals surface area contributed by atoms with E-state index in [2.05, 4.69) is 46.4 Å². The number of halogens is 1. The van der Waals surface area contributed by atoms with Crippen LogP contribution in [0, 0.1) is 0 Å². The molecule has 0 radical (unpaired) electrons. The van der Waals surface area contributed by atoms with Crippen LogP contribution < -0.4 is 5.32 Å². The monoisotopic (exact) mass is 363 g/mol. The molecular weight excluding hydrogens is 338 g/mol. The number of hydrogen-bond acceptors (Lipinski definition) is 2. The predicted molar refractivity (Wildman–Crippen MR) is 96.9 cm³/mol. The minimum absolute atomic E-state index is 0.811. The van der Waals surface area contributed by atoms with Gasteiger partial charge in [0.2, 0.25) is 0 Å². The first-order valence-electron chi connectivity index (χ1n) is 8.35. The molecule has 0 atom stereocenters. The van der Waals surface area contributed by atoms with Gasteiger partial charge in [-0.2, -0.15) is 0 Å². The highest BCUT2D eigenvalue weighted by atomic mass is 79.9. The van der Waals surface area contributed by atoms with Gasteiger partial charge < -0.3 is 9.73 Å². The van der Waals surface area contributed by atoms with Crippen molar-refractivity contribution in [1.82, 2.24) is 5.32 Å². The average Bonchev–Trinajstić information content (AvgIpc) is 2.99. The maximum atomic E-state index is 5.89. The molecule has 0 saturated heterocycles. The molecule has 0 bridgehead atoms. The minimum Gasteiger partial charge on any atom is -0.460 e. The fraction of sp³-hybridized carbons (Fsp3) is 0.474. The van der Waals surface area contributed by atoms with Gasteiger partial charge in [0.15, 0.2) is 0 Å². The van der Waals surface area contributed by atoms with Crippen LogP contribution in [0.1, 0.15) is 51.2 Å². The molecule has 0 unspecified atom stereocenters. The molecule has 2 nitrogen and oxygen atoms in total. The van der Waals surface area contributed by atoms with E-state index in [9.17, 15) is 0 Å². The van der Waals surface area contributed by atoms with Gasteiger partial charge in [-0.25, -0.2) is 0 Å². The van der Waals surface area contributed by atoms with Crippen LogP contribution in [-0.4, -0.2) is 6.54 Å². The SMILES string of the molecule is CCCCCCCCNCc1ccc(-c2ccc(Br)cc2)o1. The third kappa shape index (κ3) is 5.98. The molecule has 0 fully saturated rings. The number of rotatable bonds is 10. The molecule has 0 aliphatic carbocycles. The third-order valence-electron chi connectivity index (χ3n) is 3.80. The van der Waals surface area contributed by atoms with E-state index in [0.717, 1.165) is 34.6 Å². The Morgan fingerprint density at radius 3 is 2.41 bits per heavy atom. The lowest BCUT2D eigenvalue weighted by Gasteiger charge is -2.03. The average molecular weight is 364 g/mol. The molecule has 0 aliphatic heterocycles. The van der Waals surface area contributed by atoms with Crippen molar-refractivity contribution < 1.29 is 4.42 Å². The lowest BCUT2D eigenvalue weighted by Crippen LogP contribution is -2.14. The summed E-state index contributed by atoms with van der Waals surface area (Å²) < 4.78 is 6.98. The van der Waals surface area contributed by atoms with E-state index in [1.54, 1.807) is 0 Å². The maximum absolute atomic E-state index is 5.89. The Hall–Kier alpha value is -1.06.